The monoisotopic (exact) mass is 242 g/mol. The molecule has 1 aliphatic rings. The fraction of sp³-hybridized carbons (Fsp3) is 0.455. The van der Waals surface area contributed by atoms with E-state index >= 15 is 0 Å². The molecule has 0 aromatic carbocycles. The number of esters is 1. The molecule has 1 atom stereocenters. The fourth-order valence-electron chi connectivity index (χ4n) is 2.09. The molecule has 0 aliphatic heterocycles. The number of carbonyl (C=O) groups is 1. The SMILES string of the molecule is COC(=O)C(N)C1(c2c(F)cncc2F)CC1. The summed E-state index contributed by atoms with van der Waals surface area (Å²) < 4.78 is 31.7. The minimum atomic E-state index is -1.06. The zero-order chi connectivity index (χ0) is 12.6. The number of hydrogen-bond donors (Lipinski definition) is 1. The topological polar surface area (TPSA) is 65.2 Å². The van der Waals surface area contributed by atoms with Crippen LogP contribution < -0.4 is 5.73 Å². The van der Waals surface area contributed by atoms with E-state index in [4.69, 9.17) is 5.73 Å². The van der Waals surface area contributed by atoms with Crippen molar-refractivity contribution in [3.8, 4) is 0 Å². The van der Waals surface area contributed by atoms with Crippen LogP contribution >= 0.6 is 0 Å². The van der Waals surface area contributed by atoms with Crippen molar-refractivity contribution in [1.29, 1.82) is 0 Å². The van der Waals surface area contributed by atoms with Crippen LogP contribution in [-0.4, -0.2) is 24.1 Å². The minimum absolute atomic E-state index is 0.162. The van der Waals surface area contributed by atoms with Crippen LogP contribution in [0.15, 0.2) is 12.4 Å². The van der Waals surface area contributed by atoms with Crippen molar-refractivity contribution >= 4 is 5.97 Å². The zero-order valence-electron chi connectivity index (χ0n) is 9.24. The van der Waals surface area contributed by atoms with E-state index in [9.17, 15) is 13.6 Å². The largest absolute Gasteiger partial charge is 0.468 e. The van der Waals surface area contributed by atoms with E-state index in [1.54, 1.807) is 0 Å². The van der Waals surface area contributed by atoms with E-state index in [-0.39, 0.29) is 5.56 Å². The third-order valence-corrected chi connectivity index (χ3v) is 3.19. The molecule has 0 amide bonds. The first kappa shape index (κ1) is 11.9. The van der Waals surface area contributed by atoms with E-state index in [0.717, 1.165) is 12.4 Å². The zero-order valence-corrected chi connectivity index (χ0v) is 9.24. The normalized spacial score (nSPS) is 18.6. The number of pyridine rings is 1. The number of nitrogens with two attached hydrogens (primary N) is 1. The molecule has 1 heterocycles. The second kappa shape index (κ2) is 4.03. The highest BCUT2D eigenvalue weighted by molar-refractivity contribution is 5.78. The average molecular weight is 242 g/mol. The maximum absolute atomic E-state index is 13.6. The van der Waals surface area contributed by atoms with Crippen molar-refractivity contribution in [3.63, 3.8) is 0 Å². The van der Waals surface area contributed by atoms with Crippen molar-refractivity contribution < 1.29 is 18.3 Å². The Balaban J connectivity index is 2.43. The number of rotatable bonds is 3. The van der Waals surface area contributed by atoms with E-state index in [0.29, 0.717) is 12.8 Å². The summed E-state index contributed by atoms with van der Waals surface area (Å²) in [4.78, 5) is 14.8. The van der Waals surface area contributed by atoms with Crippen LogP contribution in [0.1, 0.15) is 18.4 Å². The van der Waals surface area contributed by atoms with Crippen LogP contribution in [0.3, 0.4) is 0 Å². The first-order valence-corrected chi connectivity index (χ1v) is 5.16. The van der Waals surface area contributed by atoms with Crippen molar-refractivity contribution in [2.75, 3.05) is 7.11 Å². The van der Waals surface area contributed by atoms with Crippen LogP contribution in [0.2, 0.25) is 0 Å². The van der Waals surface area contributed by atoms with Gasteiger partial charge in [-0.1, -0.05) is 0 Å². The lowest BCUT2D eigenvalue weighted by Crippen LogP contribution is -2.43. The van der Waals surface area contributed by atoms with Gasteiger partial charge in [0.2, 0.25) is 0 Å². The standard InChI is InChI=1S/C11H12F2N2O2/c1-17-10(16)9(14)11(2-3-11)8-6(12)4-15-5-7(8)13/h4-5,9H,2-3,14H2,1H3. The van der Waals surface area contributed by atoms with E-state index in [2.05, 4.69) is 9.72 Å². The second-order valence-corrected chi connectivity index (χ2v) is 4.14. The highest BCUT2D eigenvalue weighted by atomic mass is 19.1. The first-order valence-electron chi connectivity index (χ1n) is 5.16. The quantitative estimate of drug-likeness (QED) is 0.799. The Morgan fingerprint density at radius 2 is 2.00 bits per heavy atom. The third-order valence-electron chi connectivity index (χ3n) is 3.19. The van der Waals surface area contributed by atoms with Gasteiger partial charge in [0.1, 0.15) is 17.7 Å². The maximum atomic E-state index is 13.6. The number of carbonyl (C=O) groups excluding carboxylic acids is 1. The molecule has 2 N–H and O–H groups in total. The smallest absolute Gasteiger partial charge is 0.323 e. The van der Waals surface area contributed by atoms with Crippen molar-refractivity contribution in [2.45, 2.75) is 24.3 Å². The molecule has 1 saturated carbocycles. The summed E-state index contributed by atoms with van der Waals surface area (Å²) in [5.74, 6) is -2.22. The van der Waals surface area contributed by atoms with Gasteiger partial charge in [-0.15, -0.1) is 0 Å². The van der Waals surface area contributed by atoms with Crippen LogP contribution in [0.4, 0.5) is 8.78 Å². The Morgan fingerprint density at radius 1 is 1.47 bits per heavy atom. The molecule has 0 radical (unpaired) electrons. The van der Waals surface area contributed by atoms with E-state index in [1.165, 1.54) is 7.11 Å². The average Bonchev–Trinajstić information content (AvgIpc) is 3.08. The second-order valence-electron chi connectivity index (χ2n) is 4.14. The molecule has 4 nitrogen and oxygen atoms in total. The van der Waals surface area contributed by atoms with Gasteiger partial charge in [0.05, 0.1) is 19.5 Å². The van der Waals surface area contributed by atoms with Crippen LogP contribution in [0.25, 0.3) is 0 Å². The Labute approximate surface area is 96.8 Å². The predicted molar refractivity (Wildman–Crippen MR) is 55.1 cm³/mol. The van der Waals surface area contributed by atoms with Gasteiger partial charge in [-0.25, -0.2) is 8.78 Å². The van der Waals surface area contributed by atoms with Crippen molar-refractivity contribution in [1.82, 2.24) is 4.98 Å². The first-order chi connectivity index (χ1) is 8.03. The highest BCUT2D eigenvalue weighted by Gasteiger charge is 2.55. The summed E-state index contributed by atoms with van der Waals surface area (Å²) in [6, 6.07) is -1.06. The number of aromatic nitrogens is 1. The lowest BCUT2D eigenvalue weighted by atomic mass is 9.88. The van der Waals surface area contributed by atoms with Gasteiger partial charge >= 0.3 is 5.97 Å². The molecule has 17 heavy (non-hydrogen) atoms. The number of methoxy groups -OCH3 is 1. The molecule has 0 saturated heterocycles. The summed E-state index contributed by atoms with van der Waals surface area (Å²) >= 11 is 0. The van der Waals surface area contributed by atoms with Gasteiger partial charge < -0.3 is 10.5 Å². The Morgan fingerprint density at radius 3 is 2.41 bits per heavy atom. The number of hydrogen-bond acceptors (Lipinski definition) is 4. The van der Waals surface area contributed by atoms with Crippen molar-refractivity contribution in [2.24, 2.45) is 5.73 Å². The maximum Gasteiger partial charge on any atom is 0.323 e. The molecular formula is C11H12F2N2O2. The third kappa shape index (κ3) is 1.78. The molecule has 1 fully saturated rings. The molecular weight excluding hydrogens is 230 g/mol. The molecule has 1 aromatic heterocycles. The Kier molecular flexibility index (Phi) is 2.82. The van der Waals surface area contributed by atoms with Gasteiger partial charge in [0.15, 0.2) is 0 Å². The number of halogens is 2. The van der Waals surface area contributed by atoms with Gasteiger partial charge in [0.25, 0.3) is 0 Å². The fourth-order valence-corrected chi connectivity index (χ4v) is 2.09. The predicted octanol–water partition coefficient (Wildman–Crippen LogP) is 0.892. The molecule has 1 unspecified atom stereocenters. The summed E-state index contributed by atoms with van der Waals surface area (Å²) in [6.45, 7) is 0. The molecule has 1 aromatic rings. The van der Waals surface area contributed by atoms with Gasteiger partial charge in [0, 0.05) is 11.0 Å². The summed E-state index contributed by atoms with van der Waals surface area (Å²) in [5, 5.41) is 0. The Hall–Kier alpha value is -1.56. The molecule has 6 heteroatoms. The molecule has 2 rings (SSSR count). The number of nitrogens with zero attached hydrogens (tertiary/aromatic N) is 1. The lowest BCUT2D eigenvalue weighted by molar-refractivity contribution is -0.143. The molecule has 92 valence electrons. The Bertz CT molecular complexity index is 441. The molecule has 1 aliphatic carbocycles. The van der Waals surface area contributed by atoms with E-state index in [1.807, 2.05) is 0 Å². The lowest BCUT2D eigenvalue weighted by Gasteiger charge is -2.22. The van der Waals surface area contributed by atoms with Crippen molar-refractivity contribution in [3.05, 3.63) is 29.6 Å². The highest BCUT2D eigenvalue weighted by Crippen LogP contribution is 2.52. The minimum Gasteiger partial charge on any atom is -0.468 e. The van der Waals surface area contributed by atoms with Gasteiger partial charge in [-0.2, -0.15) is 0 Å². The van der Waals surface area contributed by atoms with Gasteiger partial charge in [-0.3, -0.25) is 9.78 Å². The summed E-state index contributed by atoms with van der Waals surface area (Å²) in [5.41, 5.74) is 4.57. The number of ether oxygens (including phenoxy) is 1. The van der Waals surface area contributed by atoms with Crippen LogP contribution in [-0.2, 0) is 14.9 Å². The molecule has 0 spiro atoms. The van der Waals surface area contributed by atoms with Crippen LogP contribution in [0.5, 0.6) is 0 Å². The van der Waals surface area contributed by atoms with E-state index < -0.39 is 29.1 Å². The summed E-state index contributed by atoms with van der Waals surface area (Å²) in [7, 11) is 1.19. The summed E-state index contributed by atoms with van der Waals surface area (Å²) in [6.07, 6.45) is 2.76. The molecule has 0 bridgehead atoms. The van der Waals surface area contributed by atoms with Gasteiger partial charge in [-0.05, 0) is 12.8 Å². The van der Waals surface area contributed by atoms with Crippen LogP contribution in [0, 0.1) is 11.6 Å².